The maximum atomic E-state index is 10.2. The lowest BCUT2D eigenvalue weighted by atomic mass is 10.3. The second-order valence-electron chi connectivity index (χ2n) is 1.14. The first kappa shape index (κ1) is 7.62. The Kier molecular flexibility index (Phi) is 3.43. The molecular formula is C4H5BrO3. The van der Waals surface area contributed by atoms with Crippen molar-refractivity contribution in [1.29, 1.82) is 0 Å². The fourth-order valence-electron chi connectivity index (χ4n) is 0.187. The van der Waals surface area contributed by atoms with E-state index in [0.717, 1.165) is 0 Å². The highest BCUT2D eigenvalue weighted by molar-refractivity contribution is 9.06. The van der Waals surface area contributed by atoms with E-state index in [1.165, 1.54) is 0 Å². The van der Waals surface area contributed by atoms with E-state index in [-0.39, 0.29) is 6.42 Å². The van der Waals surface area contributed by atoms with Crippen LogP contribution in [0.15, 0.2) is 0 Å². The Bertz CT molecular complexity index is 95.9. The second-order valence-corrected chi connectivity index (χ2v) is 1.47. The van der Waals surface area contributed by atoms with Gasteiger partial charge in [-0.1, -0.05) is 6.92 Å². The van der Waals surface area contributed by atoms with Crippen molar-refractivity contribution >= 4 is 28.0 Å². The Morgan fingerprint density at radius 3 is 2.25 bits per heavy atom. The van der Waals surface area contributed by atoms with Gasteiger partial charge in [-0.15, -0.1) is 0 Å². The van der Waals surface area contributed by atoms with Crippen molar-refractivity contribution in [2.45, 2.75) is 13.3 Å². The molecule has 0 aliphatic rings. The van der Waals surface area contributed by atoms with E-state index < -0.39 is 11.8 Å². The summed E-state index contributed by atoms with van der Waals surface area (Å²) in [6.07, 6.45) is 0.185. The summed E-state index contributed by atoms with van der Waals surface area (Å²) in [6, 6.07) is 0. The van der Waals surface area contributed by atoms with Crippen molar-refractivity contribution in [2.24, 2.45) is 0 Å². The van der Waals surface area contributed by atoms with Gasteiger partial charge < -0.3 is 3.83 Å². The van der Waals surface area contributed by atoms with E-state index in [1.807, 2.05) is 0 Å². The molecule has 0 fully saturated rings. The average Bonchev–Trinajstić information content (AvgIpc) is 1.84. The van der Waals surface area contributed by atoms with Crippen molar-refractivity contribution in [3.8, 4) is 0 Å². The summed E-state index contributed by atoms with van der Waals surface area (Å²) in [6.45, 7) is 1.59. The molecular weight excluding hydrogens is 176 g/mol. The Hall–Kier alpha value is -0.380. The average molecular weight is 181 g/mol. The molecule has 0 amide bonds. The maximum Gasteiger partial charge on any atom is 0.386 e. The second kappa shape index (κ2) is 3.60. The van der Waals surface area contributed by atoms with Crippen molar-refractivity contribution in [3.63, 3.8) is 0 Å². The zero-order chi connectivity index (χ0) is 6.57. The molecule has 0 heterocycles. The van der Waals surface area contributed by atoms with Crippen LogP contribution in [0, 0.1) is 0 Å². The van der Waals surface area contributed by atoms with Crippen LogP contribution in [-0.4, -0.2) is 11.8 Å². The van der Waals surface area contributed by atoms with Crippen LogP contribution in [0.3, 0.4) is 0 Å². The molecule has 0 aliphatic carbocycles. The third-order valence-electron chi connectivity index (χ3n) is 0.619. The van der Waals surface area contributed by atoms with Crippen LogP contribution < -0.4 is 0 Å². The molecule has 0 spiro atoms. The monoisotopic (exact) mass is 180 g/mol. The van der Waals surface area contributed by atoms with Crippen LogP contribution in [0.2, 0.25) is 0 Å². The first-order chi connectivity index (χ1) is 3.72. The van der Waals surface area contributed by atoms with Gasteiger partial charge in [0.2, 0.25) is 5.78 Å². The third-order valence-corrected chi connectivity index (χ3v) is 0.913. The molecule has 0 atom stereocenters. The fraction of sp³-hybridized carbons (Fsp3) is 0.500. The Morgan fingerprint density at radius 2 is 2.12 bits per heavy atom. The van der Waals surface area contributed by atoms with Gasteiger partial charge in [0.15, 0.2) is 16.3 Å². The predicted octanol–water partition coefficient (Wildman–Crippen LogP) is 0.819. The molecule has 0 saturated carbocycles. The molecule has 0 aliphatic heterocycles. The van der Waals surface area contributed by atoms with E-state index in [2.05, 4.69) is 20.1 Å². The van der Waals surface area contributed by atoms with Gasteiger partial charge in [-0.25, -0.2) is 4.79 Å². The molecule has 4 heteroatoms. The number of rotatable bonds is 2. The van der Waals surface area contributed by atoms with Crippen molar-refractivity contribution in [3.05, 3.63) is 0 Å². The van der Waals surface area contributed by atoms with E-state index in [0.29, 0.717) is 0 Å². The van der Waals surface area contributed by atoms with Crippen molar-refractivity contribution < 1.29 is 13.4 Å². The Balaban J connectivity index is 3.64. The van der Waals surface area contributed by atoms with E-state index in [1.54, 1.807) is 6.92 Å². The van der Waals surface area contributed by atoms with Crippen LogP contribution >= 0.6 is 16.3 Å². The van der Waals surface area contributed by atoms with Gasteiger partial charge in [-0.05, 0) is 0 Å². The number of hydrogen-bond acceptors (Lipinski definition) is 3. The molecule has 8 heavy (non-hydrogen) atoms. The van der Waals surface area contributed by atoms with Crippen LogP contribution in [0.5, 0.6) is 0 Å². The SMILES string of the molecule is CCC(=O)C(=O)OBr. The van der Waals surface area contributed by atoms with Crippen LogP contribution in [-0.2, 0) is 13.4 Å². The highest BCUT2D eigenvalue weighted by Gasteiger charge is 2.10. The minimum atomic E-state index is -0.840. The lowest BCUT2D eigenvalue weighted by molar-refractivity contribution is -0.145. The van der Waals surface area contributed by atoms with Gasteiger partial charge in [-0.3, -0.25) is 4.79 Å². The van der Waals surface area contributed by atoms with Crippen molar-refractivity contribution in [2.75, 3.05) is 0 Å². The first-order valence-corrected chi connectivity index (χ1v) is 2.72. The number of Topliss-reactive ketones (excluding diaryl/α,β-unsaturated/α-hetero) is 1. The predicted molar refractivity (Wildman–Crippen MR) is 30.3 cm³/mol. The summed E-state index contributed by atoms with van der Waals surface area (Å²) in [5.41, 5.74) is 0. The third kappa shape index (κ3) is 2.07. The number of hydrogen-bond donors (Lipinski definition) is 0. The summed E-state index contributed by atoms with van der Waals surface area (Å²) in [5.74, 6) is -1.37. The smallest absolute Gasteiger partial charge is 0.378 e. The summed E-state index contributed by atoms with van der Waals surface area (Å²) >= 11 is 2.39. The van der Waals surface area contributed by atoms with Gasteiger partial charge in [0.25, 0.3) is 0 Å². The molecule has 0 saturated heterocycles. The summed E-state index contributed by atoms with van der Waals surface area (Å²) in [5, 5.41) is 0. The highest BCUT2D eigenvalue weighted by Crippen LogP contribution is 1.90. The minimum absolute atomic E-state index is 0.185. The van der Waals surface area contributed by atoms with Gasteiger partial charge in [0, 0.05) is 6.42 Å². The maximum absolute atomic E-state index is 10.2. The van der Waals surface area contributed by atoms with E-state index in [9.17, 15) is 9.59 Å². The van der Waals surface area contributed by atoms with Gasteiger partial charge in [0.1, 0.15) is 0 Å². The lowest BCUT2D eigenvalue weighted by Gasteiger charge is -1.87. The quantitative estimate of drug-likeness (QED) is 0.592. The number of carbonyl (C=O) groups is 2. The molecule has 3 nitrogen and oxygen atoms in total. The topological polar surface area (TPSA) is 43.4 Å². The molecule has 0 aromatic rings. The summed E-state index contributed by atoms with van der Waals surface area (Å²) in [7, 11) is 0. The zero-order valence-electron chi connectivity index (χ0n) is 4.31. The van der Waals surface area contributed by atoms with E-state index >= 15 is 0 Å². The normalized spacial score (nSPS) is 8.25. The van der Waals surface area contributed by atoms with Gasteiger partial charge in [0.05, 0.1) is 0 Å². The number of ketones is 1. The molecule has 0 aromatic heterocycles. The van der Waals surface area contributed by atoms with E-state index in [4.69, 9.17) is 0 Å². The molecule has 0 aromatic carbocycles. The van der Waals surface area contributed by atoms with Crippen LogP contribution in [0.1, 0.15) is 13.3 Å². The fourth-order valence-corrected chi connectivity index (χ4v) is 0.368. The number of carbonyl (C=O) groups excluding carboxylic acids is 2. The standard InChI is InChI=1S/C4H5BrO3/c1-2-3(6)4(7)8-5/h2H2,1H3. The van der Waals surface area contributed by atoms with Crippen LogP contribution in [0.25, 0.3) is 0 Å². The van der Waals surface area contributed by atoms with Gasteiger partial charge >= 0.3 is 5.97 Å². The van der Waals surface area contributed by atoms with Crippen molar-refractivity contribution in [1.82, 2.24) is 0 Å². The molecule has 0 unspecified atom stereocenters. The van der Waals surface area contributed by atoms with Gasteiger partial charge in [-0.2, -0.15) is 0 Å². The lowest BCUT2D eigenvalue weighted by Crippen LogP contribution is -2.10. The Morgan fingerprint density at radius 1 is 1.62 bits per heavy atom. The molecule has 0 rings (SSSR count). The zero-order valence-corrected chi connectivity index (χ0v) is 5.90. The summed E-state index contributed by atoms with van der Waals surface area (Å²) < 4.78 is 3.93. The molecule has 0 radical (unpaired) electrons. The number of halogens is 1. The first-order valence-electron chi connectivity index (χ1n) is 2.08. The van der Waals surface area contributed by atoms with Crippen LogP contribution in [0.4, 0.5) is 0 Å². The highest BCUT2D eigenvalue weighted by atomic mass is 79.9. The minimum Gasteiger partial charge on any atom is -0.378 e. The largest absolute Gasteiger partial charge is 0.386 e. The Labute approximate surface area is 55.5 Å². The molecule has 0 N–H and O–H groups in total. The molecule has 0 bridgehead atoms. The summed E-state index contributed by atoms with van der Waals surface area (Å²) in [4.78, 5) is 20.4. The molecule has 46 valence electrons.